The molecule has 0 aliphatic heterocycles. The van der Waals surface area contributed by atoms with E-state index in [4.69, 9.17) is 14.2 Å². The van der Waals surface area contributed by atoms with Crippen molar-refractivity contribution in [2.75, 3.05) is 20.8 Å². The first kappa shape index (κ1) is 19.5. The van der Waals surface area contributed by atoms with Gasteiger partial charge in [0.05, 0.1) is 20.8 Å². The van der Waals surface area contributed by atoms with Gasteiger partial charge in [0.2, 0.25) is 11.7 Å². The Balaban J connectivity index is 1.70. The Hall–Kier alpha value is -3.22. The number of rotatable bonds is 9. The summed E-state index contributed by atoms with van der Waals surface area (Å²) < 4.78 is 16.7. The van der Waals surface area contributed by atoms with E-state index in [2.05, 4.69) is 10.6 Å². The van der Waals surface area contributed by atoms with E-state index in [1.165, 1.54) is 14.2 Å². The Bertz CT molecular complexity index is 809. The fourth-order valence-electron chi connectivity index (χ4n) is 2.65. The maximum absolute atomic E-state index is 12.4. The van der Waals surface area contributed by atoms with Gasteiger partial charge in [-0.25, -0.2) is 0 Å². The minimum atomic E-state index is -0.392. The average Bonchev–Trinajstić information content (AvgIpc) is 3.54. The fraction of sp³-hybridized carbons (Fsp3) is 0.333. The van der Waals surface area contributed by atoms with Crippen LogP contribution in [0, 0.1) is 0 Å². The SMILES string of the molecule is COc1cc(C(=O)NCC(=O)NC2CC2)cc(OC)c1OCc1ccccc1. The fourth-order valence-corrected chi connectivity index (χ4v) is 2.65. The molecule has 0 saturated heterocycles. The molecule has 2 amide bonds. The molecule has 1 aliphatic carbocycles. The predicted molar refractivity (Wildman–Crippen MR) is 104 cm³/mol. The van der Waals surface area contributed by atoms with E-state index in [0.717, 1.165) is 18.4 Å². The first-order chi connectivity index (χ1) is 13.6. The van der Waals surface area contributed by atoms with Crippen LogP contribution in [0.3, 0.4) is 0 Å². The van der Waals surface area contributed by atoms with E-state index in [1.54, 1.807) is 12.1 Å². The van der Waals surface area contributed by atoms with Crippen molar-refractivity contribution in [3.63, 3.8) is 0 Å². The minimum Gasteiger partial charge on any atom is -0.493 e. The highest BCUT2D eigenvalue weighted by molar-refractivity contribution is 5.97. The van der Waals surface area contributed by atoms with E-state index in [-0.39, 0.29) is 18.5 Å². The van der Waals surface area contributed by atoms with Crippen LogP contribution in [0.1, 0.15) is 28.8 Å². The Morgan fingerprint density at radius 1 is 1.04 bits per heavy atom. The second-order valence-corrected chi connectivity index (χ2v) is 6.51. The molecule has 2 N–H and O–H groups in total. The molecule has 1 saturated carbocycles. The molecule has 28 heavy (non-hydrogen) atoms. The van der Waals surface area contributed by atoms with Crippen LogP contribution >= 0.6 is 0 Å². The van der Waals surface area contributed by atoms with Crippen LogP contribution in [0.15, 0.2) is 42.5 Å². The first-order valence-electron chi connectivity index (χ1n) is 9.11. The Morgan fingerprint density at radius 3 is 2.25 bits per heavy atom. The zero-order valence-electron chi connectivity index (χ0n) is 16.0. The van der Waals surface area contributed by atoms with Crippen molar-refractivity contribution in [3.05, 3.63) is 53.6 Å². The lowest BCUT2D eigenvalue weighted by Crippen LogP contribution is -2.37. The third-order valence-electron chi connectivity index (χ3n) is 4.30. The number of benzene rings is 2. The highest BCUT2D eigenvalue weighted by Gasteiger charge is 2.23. The van der Waals surface area contributed by atoms with Gasteiger partial charge in [0.15, 0.2) is 11.5 Å². The monoisotopic (exact) mass is 384 g/mol. The molecule has 148 valence electrons. The number of ether oxygens (including phenoxy) is 3. The van der Waals surface area contributed by atoms with Gasteiger partial charge in [-0.15, -0.1) is 0 Å². The Morgan fingerprint density at radius 2 is 1.68 bits per heavy atom. The van der Waals surface area contributed by atoms with Gasteiger partial charge in [-0.05, 0) is 30.5 Å². The van der Waals surface area contributed by atoms with Crippen LogP contribution < -0.4 is 24.8 Å². The van der Waals surface area contributed by atoms with Crippen LogP contribution in [0.4, 0.5) is 0 Å². The molecular formula is C21H24N2O5. The van der Waals surface area contributed by atoms with Gasteiger partial charge in [-0.3, -0.25) is 9.59 Å². The van der Waals surface area contributed by atoms with E-state index in [9.17, 15) is 9.59 Å². The highest BCUT2D eigenvalue weighted by atomic mass is 16.5. The summed E-state index contributed by atoms with van der Waals surface area (Å²) in [6.07, 6.45) is 2.00. The van der Waals surface area contributed by atoms with Crippen molar-refractivity contribution in [2.45, 2.75) is 25.5 Å². The molecule has 7 nitrogen and oxygen atoms in total. The van der Waals surface area contributed by atoms with E-state index in [1.807, 2.05) is 30.3 Å². The molecule has 1 aliphatic rings. The number of methoxy groups -OCH3 is 2. The van der Waals surface area contributed by atoms with Crippen molar-refractivity contribution >= 4 is 11.8 Å². The number of hydrogen-bond donors (Lipinski definition) is 2. The van der Waals surface area contributed by atoms with Crippen LogP contribution in [0.2, 0.25) is 0 Å². The summed E-state index contributed by atoms with van der Waals surface area (Å²) in [4.78, 5) is 24.2. The third-order valence-corrected chi connectivity index (χ3v) is 4.30. The average molecular weight is 384 g/mol. The van der Waals surface area contributed by atoms with Crippen molar-refractivity contribution < 1.29 is 23.8 Å². The molecular weight excluding hydrogens is 360 g/mol. The first-order valence-corrected chi connectivity index (χ1v) is 9.11. The maximum Gasteiger partial charge on any atom is 0.251 e. The summed E-state index contributed by atoms with van der Waals surface area (Å²) >= 11 is 0. The zero-order chi connectivity index (χ0) is 19.9. The molecule has 2 aromatic rings. The molecule has 0 atom stereocenters. The summed E-state index contributed by atoms with van der Waals surface area (Å²) in [5.74, 6) is 0.581. The maximum atomic E-state index is 12.4. The van der Waals surface area contributed by atoms with Crippen LogP contribution in [0.25, 0.3) is 0 Å². The summed E-state index contributed by atoms with van der Waals surface area (Å²) in [5.41, 5.74) is 1.31. The Kier molecular flexibility index (Phi) is 6.37. The van der Waals surface area contributed by atoms with Crippen LogP contribution in [-0.2, 0) is 11.4 Å². The molecule has 0 bridgehead atoms. The number of hydrogen-bond acceptors (Lipinski definition) is 5. The number of carbonyl (C=O) groups excluding carboxylic acids is 2. The lowest BCUT2D eigenvalue weighted by molar-refractivity contribution is -0.120. The van der Waals surface area contributed by atoms with E-state index >= 15 is 0 Å². The summed E-state index contributed by atoms with van der Waals surface area (Å²) in [7, 11) is 2.99. The van der Waals surface area contributed by atoms with E-state index < -0.39 is 5.91 Å². The predicted octanol–water partition coefficient (Wildman–Crippen LogP) is 2.29. The molecule has 2 aromatic carbocycles. The number of nitrogens with one attached hydrogen (secondary N) is 2. The Labute approximate surface area is 164 Å². The van der Waals surface area contributed by atoms with Gasteiger partial charge in [0.25, 0.3) is 5.91 Å². The normalized spacial score (nSPS) is 12.8. The second kappa shape index (κ2) is 9.12. The molecule has 1 fully saturated rings. The van der Waals surface area contributed by atoms with Crippen molar-refractivity contribution in [1.29, 1.82) is 0 Å². The lowest BCUT2D eigenvalue weighted by atomic mass is 10.1. The molecule has 0 heterocycles. The third kappa shape index (κ3) is 5.16. The molecule has 0 radical (unpaired) electrons. The number of amides is 2. The second-order valence-electron chi connectivity index (χ2n) is 6.51. The lowest BCUT2D eigenvalue weighted by Gasteiger charge is -2.16. The molecule has 0 spiro atoms. The van der Waals surface area contributed by atoms with Gasteiger partial charge in [0, 0.05) is 11.6 Å². The molecule has 7 heteroatoms. The van der Waals surface area contributed by atoms with Gasteiger partial charge in [-0.2, -0.15) is 0 Å². The highest BCUT2D eigenvalue weighted by Crippen LogP contribution is 2.39. The quantitative estimate of drug-likeness (QED) is 0.693. The topological polar surface area (TPSA) is 85.9 Å². The molecule has 3 rings (SSSR count). The summed E-state index contributed by atoms with van der Waals surface area (Å²) in [5, 5.41) is 5.43. The summed E-state index contributed by atoms with van der Waals surface area (Å²) in [6, 6.07) is 13.1. The van der Waals surface area contributed by atoms with Crippen molar-refractivity contribution in [3.8, 4) is 17.2 Å². The molecule has 0 aromatic heterocycles. The van der Waals surface area contributed by atoms with E-state index in [0.29, 0.717) is 29.4 Å². The minimum absolute atomic E-state index is 0.0772. The van der Waals surface area contributed by atoms with Crippen LogP contribution in [-0.4, -0.2) is 38.6 Å². The summed E-state index contributed by atoms with van der Waals surface area (Å²) in [6.45, 7) is 0.257. The van der Waals surface area contributed by atoms with Crippen molar-refractivity contribution in [2.24, 2.45) is 0 Å². The zero-order valence-corrected chi connectivity index (χ0v) is 16.0. The van der Waals surface area contributed by atoms with Crippen LogP contribution in [0.5, 0.6) is 17.2 Å². The standard InChI is InChI=1S/C21H24N2O5/c1-26-17-10-15(21(25)22-12-19(24)23-16-8-9-16)11-18(27-2)20(17)28-13-14-6-4-3-5-7-14/h3-7,10-11,16H,8-9,12-13H2,1-2H3,(H,22,25)(H,23,24). The smallest absolute Gasteiger partial charge is 0.251 e. The van der Waals surface area contributed by atoms with Crippen molar-refractivity contribution in [1.82, 2.24) is 10.6 Å². The van der Waals surface area contributed by atoms with Gasteiger partial charge >= 0.3 is 0 Å². The van der Waals surface area contributed by atoms with Gasteiger partial charge in [0.1, 0.15) is 6.61 Å². The molecule has 0 unspecified atom stereocenters. The van der Waals surface area contributed by atoms with Gasteiger partial charge < -0.3 is 24.8 Å². The van der Waals surface area contributed by atoms with Gasteiger partial charge in [-0.1, -0.05) is 30.3 Å². The largest absolute Gasteiger partial charge is 0.493 e. The number of carbonyl (C=O) groups is 2.